The van der Waals surface area contributed by atoms with Crippen molar-refractivity contribution in [2.75, 3.05) is 0 Å². The first kappa shape index (κ1) is 10.2. The lowest BCUT2D eigenvalue weighted by Crippen LogP contribution is -2.38. The number of rotatable bonds is 2. The maximum Gasteiger partial charge on any atom is 0.153 e. The van der Waals surface area contributed by atoms with Gasteiger partial charge in [0.2, 0.25) is 0 Å². The summed E-state index contributed by atoms with van der Waals surface area (Å²) in [5.41, 5.74) is -0.646. The highest BCUT2D eigenvalue weighted by Crippen LogP contribution is 2.40. The molecule has 72 valence electrons. The second kappa shape index (κ2) is 3.91. The molecule has 0 saturated heterocycles. The third-order valence-corrected chi connectivity index (χ3v) is 3.38. The van der Waals surface area contributed by atoms with Crippen LogP contribution in [0.3, 0.4) is 0 Å². The Labute approximate surface area is 79.9 Å². The van der Waals surface area contributed by atoms with E-state index in [4.69, 9.17) is 5.26 Å². The molecule has 2 heteroatoms. The van der Waals surface area contributed by atoms with E-state index in [9.17, 15) is 4.79 Å². The van der Waals surface area contributed by atoms with E-state index >= 15 is 0 Å². The van der Waals surface area contributed by atoms with E-state index in [1.165, 1.54) is 0 Å². The van der Waals surface area contributed by atoms with Gasteiger partial charge in [-0.15, -0.1) is 0 Å². The van der Waals surface area contributed by atoms with Crippen LogP contribution in [0.2, 0.25) is 0 Å². The molecule has 1 saturated carbocycles. The van der Waals surface area contributed by atoms with Gasteiger partial charge < -0.3 is 0 Å². The minimum Gasteiger partial charge on any atom is -0.298 e. The molecule has 0 bridgehead atoms. The summed E-state index contributed by atoms with van der Waals surface area (Å²) in [5.74, 6) is 0.390. The molecule has 0 aromatic carbocycles. The standard InChI is InChI=1S/C11H17NO/c1-3-9(2)11(8-12)7-5-4-6-10(11)13/h9H,3-7H2,1-2H3. The smallest absolute Gasteiger partial charge is 0.153 e. The van der Waals surface area contributed by atoms with Crippen molar-refractivity contribution in [3.05, 3.63) is 0 Å². The molecule has 1 fully saturated rings. The first-order valence-corrected chi connectivity index (χ1v) is 5.12. The molecule has 0 N–H and O–H groups in total. The van der Waals surface area contributed by atoms with Crippen LogP contribution in [-0.4, -0.2) is 5.78 Å². The van der Waals surface area contributed by atoms with Crippen LogP contribution in [0.25, 0.3) is 0 Å². The minimum absolute atomic E-state index is 0.176. The van der Waals surface area contributed by atoms with Crippen LogP contribution in [0.15, 0.2) is 0 Å². The number of carbonyl (C=O) groups excluding carboxylic acids is 1. The molecule has 0 heterocycles. The second-order valence-electron chi connectivity index (χ2n) is 4.02. The molecule has 2 atom stereocenters. The summed E-state index contributed by atoms with van der Waals surface area (Å²) in [5, 5.41) is 9.14. The Morgan fingerprint density at radius 2 is 2.31 bits per heavy atom. The zero-order valence-corrected chi connectivity index (χ0v) is 8.47. The third kappa shape index (κ3) is 1.60. The first-order valence-electron chi connectivity index (χ1n) is 5.12. The van der Waals surface area contributed by atoms with E-state index in [0.717, 1.165) is 25.7 Å². The molecule has 1 aliphatic rings. The molecular formula is C11H17NO. The van der Waals surface area contributed by atoms with E-state index in [1.54, 1.807) is 0 Å². The van der Waals surface area contributed by atoms with Crippen molar-refractivity contribution in [2.24, 2.45) is 11.3 Å². The summed E-state index contributed by atoms with van der Waals surface area (Å²) in [6.07, 6.45) is 4.30. The third-order valence-electron chi connectivity index (χ3n) is 3.38. The van der Waals surface area contributed by atoms with E-state index < -0.39 is 5.41 Å². The van der Waals surface area contributed by atoms with Gasteiger partial charge in [0.15, 0.2) is 5.78 Å². The lowest BCUT2D eigenvalue weighted by Gasteiger charge is -2.34. The highest BCUT2D eigenvalue weighted by molar-refractivity contribution is 5.88. The summed E-state index contributed by atoms with van der Waals surface area (Å²) < 4.78 is 0. The SMILES string of the molecule is CCC(C)C1(C#N)CCCCC1=O. The summed E-state index contributed by atoms with van der Waals surface area (Å²) in [7, 11) is 0. The largest absolute Gasteiger partial charge is 0.298 e. The van der Waals surface area contributed by atoms with Gasteiger partial charge >= 0.3 is 0 Å². The number of hydrogen-bond donors (Lipinski definition) is 0. The van der Waals surface area contributed by atoms with Crippen LogP contribution in [0.5, 0.6) is 0 Å². The average Bonchev–Trinajstić information content (AvgIpc) is 2.18. The van der Waals surface area contributed by atoms with Crippen molar-refractivity contribution in [3.63, 3.8) is 0 Å². The molecule has 1 aliphatic carbocycles. The van der Waals surface area contributed by atoms with Crippen molar-refractivity contribution in [3.8, 4) is 6.07 Å². The second-order valence-corrected chi connectivity index (χ2v) is 4.02. The molecule has 1 rings (SSSR count). The highest BCUT2D eigenvalue weighted by Gasteiger charge is 2.43. The number of Topliss-reactive ketones (excluding diaryl/α,β-unsaturated/α-hetero) is 1. The molecule has 2 unspecified atom stereocenters. The lowest BCUT2D eigenvalue weighted by atomic mass is 9.66. The van der Waals surface area contributed by atoms with Crippen molar-refractivity contribution >= 4 is 5.78 Å². The predicted molar refractivity (Wildman–Crippen MR) is 51.0 cm³/mol. The van der Waals surface area contributed by atoms with Crippen molar-refractivity contribution < 1.29 is 4.79 Å². The van der Waals surface area contributed by atoms with Gasteiger partial charge in [0.05, 0.1) is 6.07 Å². The zero-order chi connectivity index (χ0) is 9.90. The Morgan fingerprint density at radius 1 is 1.62 bits per heavy atom. The zero-order valence-electron chi connectivity index (χ0n) is 8.47. The van der Waals surface area contributed by atoms with E-state index in [2.05, 4.69) is 6.07 Å². The summed E-state index contributed by atoms with van der Waals surface area (Å²) >= 11 is 0. The first-order chi connectivity index (χ1) is 6.17. The van der Waals surface area contributed by atoms with Crippen molar-refractivity contribution in [2.45, 2.75) is 46.0 Å². The molecule has 0 aromatic heterocycles. The summed E-state index contributed by atoms with van der Waals surface area (Å²) in [4.78, 5) is 11.7. The quantitative estimate of drug-likeness (QED) is 0.654. The molecule has 0 aromatic rings. The Bertz CT molecular complexity index is 241. The van der Waals surface area contributed by atoms with Gasteiger partial charge in [0.25, 0.3) is 0 Å². The van der Waals surface area contributed by atoms with Crippen molar-refractivity contribution in [1.82, 2.24) is 0 Å². The molecule has 13 heavy (non-hydrogen) atoms. The van der Waals surface area contributed by atoms with Crippen LogP contribution in [-0.2, 0) is 4.79 Å². The topological polar surface area (TPSA) is 40.9 Å². The average molecular weight is 179 g/mol. The van der Waals surface area contributed by atoms with Gasteiger partial charge in [0.1, 0.15) is 5.41 Å². The Morgan fingerprint density at radius 3 is 2.77 bits per heavy atom. The van der Waals surface area contributed by atoms with Gasteiger partial charge in [-0.05, 0) is 18.8 Å². The van der Waals surface area contributed by atoms with Crippen LogP contribution in [0.4, 0.5) is 0 Å². The maximum atomic E-state index is 11.7. The fourth-order valence-corrected chi connectivity index (χ4v) is 2.15. The highest BCUT2D eigenvalue weighted by atomic mass is 16.1. The monoisotopic (exact) mass is 179 g/mol. The normalized spacial score (nSPS) is 31.0. The molecule has 0 aliphatic heterocycles. The summed E-state index contributed by atoms with van der Waals surface area (Å²) in [6, 6.07) is 2.27. The number of nitriles is 1. The Hall–Kier alpha value is -0.840. The molecule has 0 spiro atoms. The van der Waals surface area contributed by atoms with Crippen LogP contribution < -0.4 is 0 Å². The van der Waals surface area contributed by atoms with E-state index in [-0.39, 0.29) is 11.7 Å². The van der Waals surface area contributed by atoms with Gasteiger partial charge in [-0.2, -0.15) is 5.26 Å². The number of ketones is 1. The van der Waals surface area contributed by atoms with Crippen molar-refractivity contribution in [1.29, 1.82) is 5.26 Å². The van der Waals surface area contributed by atoms with Gasteiger partial charge in [0, 0.05) is 6.42 Å². The Kier molecular flexibility index (Phi) is 3.08. The minimum atomic E-state index is -0.646. The Balaban J connectivity index is 2.90. The molecule has 0 amide bonds. The fourth-order valence-electron chi connectivity index (χ4n) is 2.15. The fraction of sp³-hybridized carbons (Fsp3) is 0.818. The molecular weight excluding hydrogens is 162 g/mol. The number of carbonyl (C=O) groups is 1. The number of hydrogen-bond acceptors (Lipinski definition) is 2. The lowest BCUT2D eigenvalue weighted by molar-refractivity contribution is -0.130. The van der Waals surface area contributed by atoms with E-state index in [1.807, 2.05) is 13.8 Å². The van der Waals surface area contributed by atoms with Crippen LogP contribution in [0.1, 0.15) is 46.0 Å². The summed E-state index contributed by atoms with van der Waals surface area (Å²) in [6.45, 7) is 4.07. The predicted octanol–water partition coefficient (Wildman–Crippen LogP) is 2.69. The van der Waals surface area contributed by atoms with E-state index in [0.29, 0.717) is 6.42 Å². The molecule has 0 radical (unpaired) electrons. The number of nitrogens with zero attached hydrogens (tertiary/aromatic N) is 1. The van der Waals surface area contributed by atoms with Crippen LogP contribution >= 0.6 is 0 Å². The van der Waals surface area contributed by atoms with Gasteiger partial charge in [-0.25, -0.2) is 0 Å². The van der Waals surface area contributed by atoms with Gasteiger partial charge in [-0.1, -0.05) is 26.7 Å². The molecule has 2 nitrogen and oxygen atoms in total. The van der Waals surface area contributed by atoms with Gasteiger partial charge in [-0.3, -0.25) is 4.79 Å². The van der Waals surface area contributed by atoms with Crippen LogP contribution in [0, 0.1) is 22.7 Å². The maximum absolute atomic E-state index is 11.7.